The minimum atomic E-state index is -0.500. The molecule has 28 heavy (non-hydrogen) atoms. The van der Waals surface area contributed by atoms with Crippen LogP contribution in [0.25, 0.3) is 0 Å². The lowest BCUT2D eigenvalue weighted by molar-refractivity contribution is 0.0938. The van der Waals surface area contributed by atoms with E-state index in [4.69, 9.17) is 4.42 Å². The molecule has 2 aromatic carbocycles. The van der Waals surface area contributed by atoms with Crippen molar-refractivity contribution in [1.29, 1.82) is 0 Å². The topological polar surface area (TPSA) is 71.3 Å². The maximum atomic E-state index is 12.9. The van der Waals surface area contributed by atoms with Crippen molar-refractivity contribution in [3.05, 3.63) is 77.2 Å². The van der Waals surface area contributed by atoms with Gasteiger partial charge in [0, 0.05) is 18.7 Å². The fraction of sp³-hybridized carbons (Fsp3) is 0.318. The SMILES string of the molecule is Cc1cccc(C(=O)NC(c2ccccc2)c2nnc(N3CCCCC3)o2)c1. The van der Waals surface area contributed by atoms with Gasteiger partial charge in [-0.1, -0.05) is 53.1 Å². The highest BCUT2D eigenvalue weighted by atomic mass is 16.4. The molecular formula is C22H24N4O2. The molecule has 0 saturated carbocycles. The van der Waals surface area contributed by atoms with E-state index in [-0.39, 0.29) is 5.91 Å². The Hall–Kier alpha value is -3.15. The Morgan fingerprint density at radius 1 is 1.04 bits per heavy atom. The van der Waals surface area contributed by atoms with Gasteiger partial charge in [0.2, 0.25) is 5.89 Å². The van der Waals surface area contributed by atoms with Crippen molar-refractivity contribution >= 4 is 11.9 Å². The molecule has 144 valence electrons. The summed E-state index contributed by atoms with van der Waals surface area (Å²) in [7, 11) is 0. The van der Waals surface area contributed by atoms with Crippen molar-refractivity contribution in [2.75, 3.05) is 18.0 Å². The first kappa shape index (κ1) is 18.2. The zero-order chi connectivity index (χ0) is 19.3. The van der Waals surface area contributed by atoms with Crippen LogP contribution in [0.3, 0.4) is 0 Å². The molecule has 6 nitrogen and oxygen atoms in total. The highest BCUT2D eigenvalue weighted by Gasteiger charge is 2.25. The molecule has 1 aliphatic heterocycles. The van der Waals surface area contributed by atoms with Gasteiger partial charge < -0.3 is 14.6 Å². The molecule has 0 spiro atoms. The zero-order valence-corrected chi connectivity index (χ0v) is 16.0. The fourth-order valence-corrected chi connectivity index (χ4v) is 3.49. The number of carbonyl (C=O) groups is 1. The van der Waals surface area contributed by atoms with Crippen LogP contribution < -0.4 is 10.2 Å². The van der Waals surface area contributed by atoms with E-state index >= 15 is 0 Å². The lowest BCUT2D eigenvalue weighted by atomic mass is 10.1. The Bertz CT molecular complexity index is 932. The number of amides is 1. The summed E-state index contributed by atoms with van der Waals surface area (Å²) in [6.07, 6.45) is 3.49. The Morgan fingerprint density at radius 3 is 2.57 bits per heavy atom. The number of benzene rings is 2. The van der Waals surface area contributed by atoms with E-state index in [1.165, 1.54) is 6.42 Å². The molecule has 4 rings (SSSR count). The van der Waals surface area contributed by atoms with Gasteiger partial charge in [-0.05, 0) is 43.9 Å². The molecule has 1 amide bonds. The highest BCUT2D eigenvalue weighted by molar-refractivity contribution is 5.94. The lowest BCUT2D eigenvalue weighted by Crippen LogP contribution is -2.30. The molecule has 0 radical (unpaired) electrons. The third-order valence-corrected chi connectivity index (χ3v) is 4.99. The van der Waals surface area contributed by atoms with Crippen LogP contribution in [0.2, 0.25) is 0 Å². The number of hydrogen-bond donors (Lipinski definition) is 1. The van der Waals surface area contributed by atoms with E-state index in [9.17, 15) is 4.79 Å². The second-order valence-corrected chi connectivity index (χ2v) is 7.16. The number of carbonyl (C=O) groups excluding carboxylic acids is 1. The molecule has 1 fully saturated rings. The van der Waals surface area contributed by atoms with E-state index < -0.39 is 6.04 Å². The summed E-state index contributed by atoms with van der Waals surface area (Å²) in [5.74, 6) is 0.225. The first-order valence-electron chi connectivity index (χ1n) is 9.71. The van der Waals surface area contributed by atoms with E-state index in [1.807, 2.05) is 55.5 Å². The fourth-order valence-electron chi connectivity index (χ4n) is 3.49. The van der Waals surface area contributed by atoms with Crippen LogP contribution in [0.4, 0.5) is 6.01 Å². The number of anilines is 1. The second kappa shape index (κ2) is 8.25. The van der Waals surface area contributed by atoms with Crippen LogP contribution in [0, 0.1) is 6.92 Å². The minimum absolute atomic E-state index is 0.171. The quantitative estimate of drug-likeness (QED) is 0.731. The predicted octanol–water partition coefficient (Wildman–Crippen LogP) is 3.89. The number of piperidine rings is 1. The van der Waals surface area contributed by atoms with Gasteiger partial charge in [-0.15, -0.1) is 5.10 Å². The zero-order valence-electron chi connectivity index (χ0n) is 16.0. The van der Waals surface area contributed by atoms with Gasteiger partial charge in [-0.3, -0.25) is 4.79 Å². The van der Waals surface area contributed by atoms with Gasteiger partial charge in [-0.25, -0.2) is 0 Å². The van der Waals surface area contributed by atoms with Crippen molar-refractivity contribution in [2.24, 2.45) is 0 Å². The molecule has 1 N–H and O–H groups in total. The number of hydrogen-bond acceptors (Lipinski definition) is 5. The average molecular weight is 376 g/mol. The first-order valence-corrected chi connectivity index (χ1v) is 9.71. The van der Waals surface area contributed by atoms with Gasteiger partial charge >= 0.3 is 6.01 Å². The third-order valence-electron chi connectivity index (χ3n) is 4.99. The Balaban J connectivity index is 1.61. The molecule has 6 heteroatoms. The molecule has 3 aromatic rings. The van der Waals surface area contributed by atoms with E-state index in [1.54, 1.807) is 6.07 Å². The molecule has 1 atom stereocenters. The van der Waals surface area contributed by atoms with Crippen molar-refractivity contribution in [3.8, 4) is 0 Å². The normalized spacial score (nSPS) is 15.2. The van der Waals surface area contributed by atoms with Crippen LogP contribution in [0.15, 0.2) is 59.0 Å². The second-order valence-electron chi connectivity index (χ2n) is 7.16. The van der Waals surface area contributed by atoms with E-state index in [0.717, 1.165) is 37.1 Å². The van der Waals surface area contributed by atoms with Gasteiger partial charge in [0.05, 0.1) is 0 Å². The van der Waals surface area contributed by atoms with Crippen LogP contribution >= 0.6 is 0 Å². The monoisotopic (exact) mass is 376 g/mol. The molecule has 1 aliphatic rings. The number of aromatic nitrogens is 2. The van der Waals surface area contributed by atoms with Crippen LogP contribution in [0.1, 0.15) is 52.7 Å². The van der Waals surface area contributed by atoms with Crippen LogP contribution in [-0.2, 0) is 0 Å². The van der Waals surface area contributed by atoms with E-state index in [0.29, 0.717) is 17.5 Å². The minimum Gasteiger partial charge on any atom is -0.405 e. The van der Waals surface area contributed by atoms with Gasteiger partial charge in [0.1, 0.15) is 6.04 Å². The Labute approximate surface area is 164 Å². The third kappa shape index (κ3) is 4.06. The summed E-state index contributed by atoms with van der Waals surface area (Å²) >= 11 is 0. The molecule has 0 bridgehead atoms. The molecule has 1 unspecified atom stereocenters. The summed E-state index contributed by atoms with van der Waals surface area (Å²) in [5.41, 5.74) is 2.54. The number of nitrogens with zero attached hydrogens (tertiary/aromatic N) is 3. The van der Waals surface area contributed by atoms with Crippen LogP contribution in [-0.4, -0.2) is 29.2 Å². The molecule has 2 heterocycles. The number of rotatable bonds is 5. The van der Waals surface area contributed by atoms with Crippen molar-refractivity contribution in [1.82, 2.24) is 15.5 Å². The molecule has 1 saturated heterocycles. The standard InChI is InChI=1S/C22H24N4O2/c1-16-9-8-12-18(15-16)20(27)23-19(17-10-4-2-5-11-17)21-24-25-22(28-21)26-13-6-3-7-14-26/h2,4-5,8-12,15,19H,3,6-7,13-14H2,1H3,(H,23,27). The summed E-state index contributed by atoms with van der Waals surface area (Å²) in [4.78, 5) is 15.0. The molecule has 1 aromatic heterocycles. The Morgan fingerprint density at radius 2 is 1.82 bits per heavy atom. The smallest absolute Gasteiger partial charge is 0.318 e. The lowest BCUT2D eigenvalue weighted by Gasteiger charge is -2.24. The highest BCUT2D eigenvalue weighted by Crippen LogP contribution is 2.25. The van der Waals surface area contributed by atoms with Crippen molar-refractivity contribution < 1.29 is 9.21 Å². The van der Waals surface area contributed by atoms with E-state index in [2.05, 4.69) is 20.4 Å². The number of aryl methyl sites for hydroxylation is 1. The summed E-state index contributed by atoms with van der Waals surface area (Å²) in [6, 6.07) is 17.2. The van der Waals surface area contributed by atoms with Crippen molar-refractivity contribution in [3.63, 3.8) is 0 Å². The summed E-state index contributed by atoms with van der Waals surface area (Å²) < 4.78 is 5.99. The van der Waals surface area contributed by atoms with Crippen LogP contribution in [0.5, 0.6) is 0 Å². The molecular weight excluding hydrogens is 352 g/mol. The predicted molar refractivity (Wildman–Crippen MR) is 107 cm³/mol. The largest absolute Gasteiger partial charge is 0.405 e. The Kier molecular flexibility index (Phi) is 5.37. The number of nitrogens with one attached hydrogen (secondary N) is 1. The van der Waals surface area contributed by atoms with Gasteiger partial charge in [-0.2, -0.15) is 0 Å². The van der Waals surface area contributed by atoms with Crippen molar-refractivity contribution in [2.45, 2.75) is 32.2 Å². The summed E-state index contributed by atoms with van der Waals surface area (Å²) in [6.45, 7) is 3.81. The van der Waals surface area contributed by atoms with Gasteiger partial charge in [0.25, 0.3) is 5.91 Å². The molecule has 0 aliphatic carbocycles. The van der Waals surface area contributed by atoms with Gasteiger partial charge in [0.15, 0.2) is 0 Å². The maximum absolute atomic E-state index is 12.9. The summed E-state index contributed by atoms with van der Waals surface area (Å²) in [5, 5.41) is 11.6. The first-order chi connectivity index (χ1) is 13.7. The average Bonchev–Trinajstić information content (AvgIpc) is 3.23. The maximum Gasteiger partial charge on any atom is 0.318 e.